The van der Waals surface area contributed by atoms with E-state index in [9.17, 15) is 0 Å². The second kappa shape index (κ2) is 7.48. The average Bonchev–Trinajstić information content (AvgIpc) is 2.25. The minimum Gasteiger partial charge on any atom is -0.396 e. The number of aliphatic hydroxyl groups excluding tert-OH is 1. The molecule has 0 amide bonds. The van der Waals surface area contributed by atoms with Crippen molar-refractivity contribution in [1.29, 1.82) is 0 Å². The van der Waals surface area contributed by atoms with Gasteiger partial charge in [0.25, 0.3) is 0 Å². The summed E-state index contributed by atoms with van der Waals surface area (Å²) in [6, 6.07) is 0. The van der Waals surface area contributed by atoms with E-state index in [0.29, 0.717) is 0 Å². The number of hydrogen-bond donors (Lipinski definition) is 2. The topological polar surface area (TPSA) is 58.0 Å². The van der Waals surface area contributed by atoms with Gasteiger partial charge in [-0.05, 0) is 19.1 Å². The van der Waals surface area contributed by atoms with Gasteiger partial charge in [-0.15, -0.1) is 0 Å². The number of thioether (sulfide) groups is 1. The van der Waals surface area contributed by atoms with Gasteiger partial charge in [-0.25, -0.2) is 4.98 Å². The van der Waals surface area contributed by atoms with E-state index in [0.717, 1.165) is 36.0 Å². The van der Waals surface area contributed by atoms with Gasteiger partial charge in [0.05, 0.1) is 5.69 Å². The number of aryl methyl sites for hydroxylation is 1. The molecule has 0 fully saturated rings. The van der Waals surface area contributed by atoms with Gasteiger partial charge in [0, 0.05) is 31.3 Å². The molecule has 0 spiro atoms. The van der Waals surface area contributed by atoms with Crippen molar-refractivity contribution < 1.29 is 5.11 Å². The highest BCUT2D eigenvalue weighted by Crippen LogP contribution is 2.07. The van der Waals surface area contributed by atoms with E-state index in [1.54, 1.807) is 12.4 Å². The van der Waals surface area contributed by atoms with Crippen LogP contribution in [0.3, 0.4) is 0 Å². The Bertz CT molecular complexity index is 283. The van der Waals surface area contributed by atoms with Gasteiger partial charge < -0.3 is 10.4 Å². The molecule has 4 nitrogen and oxygen atoms in total. The van der Waals surface area contributed by atoms with Crippen molar-refractivity contribution in [3.63, 3.8) is 0 Å². The molecule has 0 aliphatic heterocycles. The SMILES string of the molecule is Cc1nccnc1NCCSCCCO. The van der Waals surface area contributed by atoms with Gasteiger partial charge >= 0.3 is 0 Å². The Morgan fingerprint density at radius 2 is 2.13 bits per heavy atom. The zero-order valence-electron chi connectivity index (χ0n) is 8.94. The molecule has 2 N–H and O–H groups in total. The third-order valence-corrected chi connectivity index (χ3v) is 2.94. The zero-order chi connectivity index (χ0) is 10.9. The number of anilines is 1. The fourth-order valence-corrected chi connectivity index (χ4v) is 1.88. The standard InChI is InChI=1S/C10H17N3OS/c1-9-10(12-4-3-11-9)13-5-8-15-7-2-6-14/h3-4,14H,2,5-8H2,1H3,(H,12,13). The van der Waals surface area contributed by atoms with E-state index in [2.05, 4.69) is 15.3 Å². The molecule has 84 valence electrons. The summed E-state index contributed by atoms with van der Waals surface area (Å²) in [4.78, 5) is 8.33. The lowest BCUT2D eigenvalue weighted by molar-refractivity contribution is 0.296. The molecule has 1 aromatic rings. The maximum Gasteiger partial charge on any atom is 0.147 e. The molecule has 0 saturated heterocycles. The fraction of sp³-hybridized carbons (Fsp3) is 0.600. The Hall–Kier alpha value is -0.810. The molecule has 0 aliphatic carbocycles. The Morgan fingerprint density at radius 3 is 2.87 bits per heavy atom. The van der Waals surface area contributed by atoms with Gasteiger partial charge in [0.15, 0.2) is 0 Å². The normalized spacial score (nSPS) is 10.3. The van der Waals surface area contributed by atoms with Crippen LogP contribution in [0.25, 0.3) is 0 Å². The summed E-state index contributed by atoms with van der Waals surface area (Å²) in [5.74, 6) is 2.90. The van der Waals surface area contributed by atoms with Crippen molar-refractivity contribution in [2.45, 2.75) is 13.3 Å². The van der Waals surface area contributed by atoms with Gasteiger partial charge in [-0.2, -0.15) is 11.8 Å². The van der Waals surface area contributed by atoms with Crippen molar-refractivity contribution in [3.05, 3.63) is 18.1 Å². The molecule has 1 heterocycles. The van der Waals surface area contributed by atoms with Crippen LogP contribution in [0.1, 0.15) is 12.1 Å². The van der Waals surface area contributed by atoms with E-state index >= 15 is 0 Å². The zero-order valence-corrected chi connectivity index (χ0v) is 9.76. The molecule has 0 aromatic carbocycles. The minimum absolute atomic E-state index is 0.281. The first-order valence-electron chi connectivity index (χ1n) is 5.04. The summed E-state index contributed by atoms with van der Waals surface area (Å²) in [6.07, 6.45) is 4.25. The van der Waals surface area contributed by atoms with E-state index in [4.69, 9.17) is 5.11 Å². The number of nitrogens with zero attached hydrogens (tertiary/aromatic N) is 2. The predicted octanol–water partition coefficient (Wildman–Crippen LogP) is 1.31. The van der Waals surface area contributed by atoms with Crippen LogP contribution < -0.4 is 5.32 Å². The highest BCUT2D eigenvalue weighted by Gasteiger charge is 1.97. The molecular formula is C10H17N3OS. The minimum atomic E-state index is 0.281. The van der Waals surface area contributed by atoms with Crippen LogP contribution in [0.15, 0.2) is 12.4 Å². The van der Waals surface area contributed by atoms with Crippen LogP contribution in [0, 0.1) is 6.92 Å². The maximum atomic E-state index is 8.59. The van der Waals surface area contributed by atoms with Crippen LogP contribution in [0.2, 0.25) is 0 Å². The average molecular weight is 227 g/mol. The summed E-state index contributed by atoms with van der Waals surface area (Å²) in [5.41, 5.74) is 0.929. The summed E-state index contributed by atoms with van der Waals surface area (Å²) in [6.45, 7) is 3.10. The predicted molar refractivity (Wildman–Crippen MR) is 64.3 cm³/mol. The summed E-state index contributed by atoms with van der Waals surface area (Å²) >= 11 is 1.83. The third-order valence-electron chi connectivity index (χ3n) is 1.87. The first-order valence-corrected chi connectivity index (χ1v) is 6.20. The molecule has 1 aromatic heterocycles. The van der Waals surface area contributed by atoms with Crippen LogP contribution in [0.4, 0.5) is 5.82 Å². The van der Waals surface area contributed by atoms with Gasteiger partial charge in [-0.1, -0.05) is 0 Å². The smallest absolute Gasteiger partial charge is 0.147 e. The monoisotopic (exact) mass is 227 g/mol. The number of nitrogens with one attached hydrogen (secondary N) is 1. The molecule has 0 radical (unpaired) electrons. The summed E-state index contributed by atoms with van der Waals surface area (Å²) in [7, 11) is 0. The van der Waals surface area contributed by atoms with Gasteiger partial charge in [0.1, 0.15) is 5.82 Å². The molecule has 0 unspecified atom stereocenters. The molecule has 0 saturated carbocycles. The quantitative estimate of drug-likeness (QED) is 0.688. The van der Waals surface area contributed by atoms with Crippen molar-refractivity contribution in [1.82, 2.24) is 9.97 Å². The molecule has 5 heteroatoms. The Morgan fingerprint density at radius 1 is 1.33 bits per heavy atom. The summed E-state index contributed by atoms with van der Waals surface area (Å²) in [5, 5.41) is 11.8. The Labute approximate surface area is 94.5 Å². The van der Waals surface area contributed by atoms with Crippen LogP contribution >= 0.6 is 11.8 Å². The molecular weight excluding hydrogens is 210 g/mol. The maximum absolute atomic E-state index is 8.59. The van der Waals surface area contributed by atoms with Crippen LogP contribution in [-0.2, 0) is 0 Å². The third kappa shape index (κ3) is 4.99. The fourth-order valence-electron chi connectivity index (χ4n) is 1.09. The highest BCUT2D eigenvalue weighted by molar-refractivity contribution is 7.99. The van der Waals surface area contributed by atoms with E-state index in [1.165, 1.54) is 0 Å². The lowest BCUT2D eigenvalue weighted by Gasteiger charge is -2.06. The van der Waals surface area contributed by atoms with E-state index in [1.807, 2.05) is 18.7 Å². The van der Waals surface area contributed by atoms with Gasteiger partial charge in [-0.3, -0.25) is 4.98 Å². The van der Waals surface area contributed by atoms with Gasteiger partial charge in [0.2, 0.25) is 0 Å². The van der Waals surface area contributed by atoms with E-state index in [-0.39, 0.29) is 6.61 Å². The van der Waals surface area contributed by atoms with E-state index < -0.39 is 0 Å². The van der Waals surface area contributed by atoms with Crippen LogP contribution in [0.5, 0.6) is 0 Å². The summed E-state index contributed by atoms with van der Waals surface area (Å²) < 4.78 is 0. The lowest BCUT2D eigenvalue weighted by atomic mass is 10.4. The molecule has 1 rings (SSSR count). The number of aliphatic hydroxyl groups is 1. The number of rotatable bonds is 7. The van der Waals surface area contributed by atoms with Crippen molar-refractivity contribution in [3.8, 4) is 0 Å². The van der Waals surface area contributed by atoms with Crippen LogP contribution in [-0.4, -0.2) is 39.7 Å². The highest BCUT2D eigenvalue weighted by atomic mass is 32.2. The number of hydrogen-bond acceptors (Lipinski definition) is 5. The molecule has 15 heavy (non-hydrogen) atoms. The van der Waals surface area contributed by atoms with Crippen molar-refractivity contribution >= 4 is 17.6 Å². The number of aromatic nitrogens is 2. The largest absolute Gasteiger partial charge is 0.396 e. The second-order valence-corrected chi connectivity index (χ2v) is 4.33. The molecule has 0 aliphatic rings. The molecule has 0 atom stereocenters. The van der Waals surface area contributed by atoms with Crippen molar-refractivity contribution in [2.24, 2.45) is 0 Å². The first-order chi connectivity index (χ1) is 7.34. The van der Waals surface area contributed by atoms with Crippen molar-refractivity contribution in [2.75, 3.05) is 30.0 Å². The second-order valence-electron chi connectivity index (χ2n) is 3.11. The lowest BCUT2D eigenvalue weighted by Crippen LogP contribution is -2.08. The Kier molecular flexibility index (Phi) is 6.11. The first kappa shape index (κ1) is 12.3. The Balaban J connectivity index is 2.12. The molecule has 0 bridgehead atoms.